The zero-order chi connectivity index (χ0) is 13.8. The summed E-state index contributed by atoms with van der Waals surface area (Å²) in [6, 6.07) is 5.00. The molecule has 1 saturated heterocycles. The van der Waals surface area contributed by atoms with Gasteiger partial charge >= 0.3 is 0 Å². The van der Waals surface area contributed by atoms with Gasteiger partial charge in [-0.2, -0.15) is 0 Å². The molecule has 4 nitrogen and oxygen atoms in total. The molecule has 0 bridgehead atoms. The number of aromatic nitrogens is 1. The van der Waals surface area contributed by atoms with Crippen molar-refractivity contribution >= 4 is 5.82 Å². The Morgan fingerprint density at radius 1 is 1.30 bits per heavy atom. The molecular weight excluding hydrogens is 250 g/mol. The van der Waals surface area contributed by atoms with Gasteiger partial charge in [-0.3, -0.25) is 0 Å². The van der Waals surface area contributed by atoms with Crippen LogP contribution in [0.25, 0.3) is 0 Å². The lowest BCUT2D eigenvalue weighted by atomic mass is 9.97. The number of anilines is 1. The van der Waals surface area contributed by atoms with Crippen molar-refractivity contribution in [3.8, 4) is 0 Å². The zero-order valence-electron chi connectivity index (χ0n) is 12.3. The van der Waals surface area contributed by atoms with Crippen LogP contribution in [0.5, 0.6) is 0 Å². The maximum atomic E-state index is 5.27. The summed E-state index contributed by atoms with van der Waals surface area (Å²) >= 11 is 0. The minimum absolute atomic E-state index is 0.716. The van der Waals surface area contributed by atoms with Crippen molar-refractivity contribution in [1.82, 2.24) is 10.3 Å². The van der Waals surface area contributed by atoms with Crippen LogP contribution in [0.15, 0.2) is 18.3 Å². The molecule has 20 heavy (non-hydrogen) atoms. The van der Waals surface area contributed by atoms with Crippen molar-refractivity contribution in [3.05, 3.63) is 23.9 Å². The van der Waals surface area contributed by atoms with Gasteiger partial charge in [0.1, 0.15) is 5.82 Å². The Labute approximate surface area is 121 Å². The quantitative estimate of drug-likeness (QED) is 0.863. The molecule has 0 radical (unpaired) electrons. The van der Waals surface area contributed by atoms with Gasteiger partial charge in [0, 0.05) is 51.2 Å². The molecule has 0 amide bonds. The first-order valence-corrected chi connectivity index (χ1v) is 7.78. The molecule has 1 aromatic rings. The van der Waals surface area contributed by atoms with E-state index in [1.54, 1.807) is 7.11 Å². The number of piperidine rings is 1. The van der Waals surface area contributed by atoms with E-state index in [-0.39, 0.29) is 0 Å². The van der Waals surface area contributed by atoms with E-state index in [0.29, 0.717) is 5.92 Å². The van der Waals surface area contributed by atoms with Gasteiger partial charge in [0.15, 0.2) is 0 Å². The second kappa shape index (κ2) is 6.55. The Kier molecular flexibility index (Phi) is 4.53. The number of nitrogens with zero attached hydrogens (tertiary/aromatic N) is 2. The molecule has 1 N–H and O–H groups in total. The zero-order valence-corrected chi connectivity index (χ0v) is 12.3. The predicted molar refractivity (Wildman–Crippen MR) is 80.9 cm³/mol. The highest BCUT2D eigenvalue weighted by Crippen LogP contribution is 2.26. The van der Waals surface area contributed by atoms with E-state index in [0.717, 1.165) is 32.3 Å². The fourth-order valence-corrected chi connectivity index (χ4v) is 2.94. The smallest absolute Gasteiger partial charge is 0.133 e. The van der Waals surface area contributed by atoms with E-state index in [4.69, 9.17) is 4.74 Å². The molecule has 2 fully saturated rings. The average molecular weight is 275 g/mol. The third-order valence-electron chi connectivity index (χ3n) is 4.34. The van der Waals surface area contributed by atoms with Crippen molar-refractivity contribution in [3.63, 3.8) is 0 Å². The number of hydrogen-bond donors (Lipinski definition) is 1. The van der Waals surface area contributed by atoms with Gasteiger partial charge in [-0.25, -0.2) is 4.98 Å². The SMILES string of the molecule is COCC1CCN(c2ncccc2CNC2CC2)CC1. The highest BCUT2D eigenvalue weighted by atomic mass is 16.5. The Morgan fingerprint density at radius 3 is 2.80 bits per heavy atom. The number of nitrogens with one attached hydrogen (secondary N) is 1. The molecule has 0 atom stereocenters. The number of rotatable bonds is 6. The summed E-state index contributed by atoms with van der Waals surface area (Å²) in [6.07, 6.45) is 6.99. The number of pyridine rings is 1. The Hall–Kier alpha value is -1.13. The van der Waals surface area contributed by atoms with E-state index in [2.05, 4.69) is 21.3 Å². The molecular formula is C16H25N3O. The molecule has 0 aromatic carbocycles. The van der Waals surface area contributed by atoms with Crippen LogP contribution in [0.2, 0.25) is 0 Å². The monoisotopic (exact) mass is 275 g/mol. The van der Waals surface area contributed by atoms with Crippen molar-refractivity contribution in [2.45, 2.75) is 38.3 Å². The summed E-state index contributed by atoms with van der Waals surface area (Å²) in [7, 11) is 1.80. The summed E-state index contributed by atoms with van der Waals surface area (Å²) in [5.74, 6) is 1.89. The van der Waals surface area contributed by atoms with Gasteiger partial charge in [0.25, 0.3) is 0 Å². The fraction of sp³-hybridized carbons (Fsp3) is 0.688. The molecule has 110 valence electrons. The van der Waals surface area contributed by atoms with Gasteiger partial charge in [0.05, 0.1) is 0 Å². The number of methoxy groups -OCH3 is 1. The summed E-state index contributed by atoms with van der Waals surface area (Å²) in [6.45, 7) is 4.04. The minimum Gasteiger partial charge on any atom is -0.384 e. The lowest BCUT2D eigenvalue weighted by Crippen LogP contribution is -2.36. The Morgan fingerprint density at radius 2 is 2.10 bits per heavy atom. The standard InChI is InChI=1S/C16H25N3O/c1-20-12-13-6-9-19(10-7-13)16-14(3-2-8-17-16)11-18-15-4-5-15/h2-3,8,13,15,18H,4-7,9-12H2,1H3. The summed E-state index contributed by atoms with van der Waals surface area (Å²) in [5.41, 5.74) is 1.34. The van der Waals surface area contributed by atoms with Crippen LogP contribution in [0.1, 0.15) is 31.2 Å². The van der Waals surface area contributed by atoms with Crippen LogP contribution in [0.3, 0.4) is 0 Å². The van der Waals surface area contributed by atoms with E-state index in [1.807, 2.05) is 12.3 Å². The lowest BCUT2D eigenvalue weighted by Gasteiger charge is -2.33. The normalized spacial score (nSPS) is 20.4. The first-order chi connectivity index (χ1) is 9.86. The highest BCUT2D eigenvalue weighted by Gasteiger charge is 2.23. The molecule has 1 aliphatic carbocycles. The van der Waals surface area contributed by atoms with Crippen LogP contribution in [0.4, 0.5) is 5.82 Å². The first kappa shape index (κ1) is 13.8. The van der Waals surface area contributed by atoms with Gasteiger partial charge in [-0.05, 0) is 37.7 Å². The Bertz CT molecular complexity index is 425. The third kappa shape index (κ3) is 3.49. The van der Waals surface area contributed by atoms with Gasteiger partial charge in [-0.1, -0.05) is 6.07 Å². The second-order valence-electron chi connectivity index (χ2n) is 6.03. The van der Waals surface area contributed by atoms with Crippen molar-refractivity contribution < 1.29 is 4.74 Å². The molecule has 1 saturated carbocycles. The van der Waals surface area contributed by atoms with Gasteiger partial charge in [0.2, 0.25) is 0 Å². The summed E-state index contributed by atoms with van der Waals surface area (Å²) in [5, 5.41) is 3.59. The summed E-state index contributed by atoms with van der Waals surface area (Å²) < 4.78 is 5.27. The minimum atomic E-state index is 0.716. The predicted octanol–water partition coefficient (Wildman–Crippen LogP) is 2.20. The topological polar surface area (TPSA) is 37.4 Å². The maximum absolute atomic E-state index is 5.27. The number of hydrogen-bond acceptors (Lipinski definition) is 4. The molecule has 2 aliphatic rings. The molecule has 2 heterocycles. The summed E-state index contributed by atoms with van der Waals surface area (Å²) in [4.78, 5) is 7.07. The highest BCUT2D eigenvalue weighted by molar-refractivity contribution is 5.47. The molecule has 0 spiro atoms. The molecule has 0 unspecified atom stereocenters. The van der Waals surface area contributed by atoms with E-state index < -0.39 is 0 Å². The van der Waals surface area contributed by atoms with Crippen molar-refractivity contribution in [1.29, 1.82) is 0 Å². The van der Waals surface area contributed by atoms with Crippen molar-refractivity contribution in [2.75, 3.05) is 31.7 Å². The molecule has 1 aliphatic heterocycles. The van der Waals surface area contributed by atoms with Crippen LogP contribution in [0, 0.1) is 5.92 Å². The molecule has 4 heteroatoms. The Balaban J connectivity index is 1.61. The molecule has 3 rings (SSSR count). The second-order valence-corrected chi connectivity index (χ2v) is 6.03. The van der Waals surface area contributed by atoms with E-state index in [1.165, 1.54) is 37.1 Å². The van der Waals surface area contributed by atoms with Crippen LogP contribution >= 0.6 is 0 Å². The average Bonchev–Trinajstić information content (AvgIpc) is 3.31. The number of ether oxygens (including phenoxy) is 1. The van der Waals surface area contributed by atoms with Crippen LogP contribution in [-0.4, -0.2) is 37.8 Å². The van der Waals surface area contributed by atoms with Crippen LogP contribution in [-0.2, 0) is 11.3 Å². The van der Waals surface area contributed by atoms with Gasteiger partial charge < -0.3 is 15.0 Å². The van der Waals surface area contributed by atoms with E-state index in [9.17, 15) is 0 Å². The van der Waals surface area contributed by atoms with E-state index >= 15 is 0 Å². The molecule has 1 aromatic heterocycles. The van der Waals surface area contributed by atoms with Crippen molar-refractivity contribution in [2.24, 2.45) is 5.92 Å². The fourth-order valence-electron chi connectivity index (χ4n) is 2.94. The van der Waals surface area contributed by atoms with Gasteiger partial charge in [-0.15, -0.1) is 0 Å². The van der Waals surface area contributed by atoms with Crippen LogP contribution < -0.4 is 10.2 Å². The maximum Gasteiger partial charge on any atom is 0.133 e. The largest absolute Gasteiger partial charge is 0.384 e. The first-order valence-electron chi connectivity index (χ1n) is 7.78. The third-order valence-corrected chi connectivity index (χ3v) is 4.34. The lowest BCUT2D eigenvalue weighted by molar-refractivity contribution is 0.139.